The van der Waals surface area contributed by atoms with Crippen molar-refractivity contribution in [1.29, 1.82) is 0 Å². The number of sulfonamides is 1. The number of para-hydroxylation sites is 2. The number of ether oxygens (including phenoxy) is 1. The molecule has 36 heavy (non-hydrogen) atoms. The number of carbonyl (C=O) groups excluding carboxylic acids is 1. The summed E-state index contributed by atoms with van der Waals surface area (Å²) in [5.41, 5.74) is 0.0983. The lowest BCUT2D eigenvalue weighted by molar-refractivity contribution is -0.384. The highest BCUT2D eigenvalue weighted by molar-refractivity contribution is 7.99. The van der Waals surface area contributed by atoms with Gasteiger partial charge in [-0.15, -0.1) is 0 Å². The van der Waals surface area contributed by atoms with Crippen LogP contribution < -0.4 is 14.8 Å². The molecule has 1 amide bonds. The fourth-order valence-corrected chi connectivity index (χ4v) is 4.81. The highest BCUT2D eigenvalue weighted by Gasteiger charge is 2.19. The molecule has 4 rings (SSSR count). The number of rotatable bonds is 9. The average Bonchev–Trinajstić information content (AvgIpc) is 3.26. The van der Waals surface area contributed by atoms with Crippen LogP contribution in [0.15, 0.2) is 75.2 Å². The van der Waals surface area contributed by atoms with Gasteiger partial charge in [0.15, 0.2) is 5.58 Å². The highest BCUT2D eigenvalue weighted by Crippen LogP contribution is 2.29. The van der Waals surface area contributed by atoms with Crippen molar-refractivity contribution in [3.8, 4) is 5.75 Å². The van der Waals surface area contributed by atoms with E-state index in [0.29, 0.717) is 11.3 Å². The number of carbonyl (C=O) groups is 1. The number of methoxy groups -OCH3 is 1. The van der Waals surface area contributed by atoms with Gasteiger partial charge in [0.1, 0.15) is 17.1 Å². The molecule has 0 saturated carbocycles. The van der Waals surface area contributed by atoms with Gasteiger partial charge in [0, 0.05) is 12.1 Å². The van der Waals surface area contributed by atoms with E-state index in [9.17, 15) is 27.7 Å². The molecule has 1 aromatic heterocycles. The van der Waals surface area contributed by atoms with Crippen LogP contribution >= 0.6 is 11.8 Å². The van der Waals surface area contributed by atoms with Crippen LogP contribution in [0.3, 0.4) is 0 Å². The van der Waals surface area contributed by atoms with Crippen LogP contribution in [-0.2, 0) is 14.8 Å². The Hall–Kier alpha value is -4.17. The lowest BCUT2D eigenvalue weighted by atomic mass is 10.2. The van der Waals surface area contributed by atoms with Gasteiger partial charge in [-0.1, -0.05) is 23.9 Å². The molecule has 0 aliphatic heterocycles. The number of benzene rings is 3. The van der Waals surface area contributed by atoms with E-state index in [1.165, 1.54) is 25.3 Å². The summed E-state index contributed by atoms with van der Waals surface area (Å²) < 4.78 is 52.7. The topological polar surface area (TPSA) is 154 Å². The van der Waals surface area contributed by atoms with Crippen LogP contribution in [0.5, 0.6) is 5.75 Å². The predicted molar refractivity (Wildman–Crippen MR) is 130 cm³/mol. The minimum Gasteiger partial charge on any atom is -0.495 e. The number of anilines is 2. The number of nitro benzene ring substituents is 1. The summed E-state index contributed by atoms with van der Waals surface area (Å²) in [5.74, 6) is -1.36. The molecule has 0 unspecified atom stereocenters. The number of aromatic nitrogens is 1. The second-order valence-corrected chi connectivity index (χ2v) is 9.78. The molecule has 2 N–H and O–H groups in total. The van der Waals surface area contributed by atoms with Crippen molar-refractivity contribution in [2.24, 2.45) is 0 Å². The van der Waals surface area contributed by atoms with E-state index < -0.39 is 26.7 Å². The van der Waals surface area contributed by atoms with Crippen molar-refractivity contribution in [3.63, 3.8) is 0 Å². The number of hydrogen-bond acceptors (Lipinski definition) is 9. The molecule has 0 radical (unpaired) electrons. The first-order valence-electron chi connectivity index (χ1n) is 10.1. The van der Waals surface area contributed by atoms with Gasteiger partial charge >= 0.3 is 0 Å². The van der Waals surface area contributed by atoms with Crippen molar-refractivity contribution in [1.82, 2.24) is 4.98 Å². The molecule has 0 fully saturated rings. The lowest BCUT2D eigenvalue weighted by Crippen LogP contribution is -2.15. The maximum absolute atomic E-state index is 13.9. The van der Waals surface area contributed by atoms with Crippen LogP contribution in [-0.4, -0.2) is 37.1 Å². The second-order valence-electron chi connectivity index (χ2n) is 7.17. The van der Waals surface area contributed by atoms with E-state index in [-0.39, 0.29) is 38.4 Å². The smallest absolute Gasteiger partial charge is 0.271 e. The molecule has 11 nitrogen and oxygen atoms in total. The molecule has 0 saturated heterocycles. The molecule has 186 valence electrons. The summed E-state index contributed by atoms with van der Waals surface area (Å²) >= 11 is 0.883. The highest BCUT2D eigenvalue weighted by atomic mass is 32.2. The Bertz CT molecular complexity index is 1570. The molecule has 0 atom stereocenters. The Balaban J connectivity index is 1.45. The largest absolute Gasteiger partial charge is 0.495 e. The van der Waals surface area contributed by atoms with Crippen LogP contribution in [0.1, 0.15) is 0 Å². The lowest BCUT2D eigenvalue weighted by Gasteiger charge is -2.11. The summed E-state index contributed by atoms with van der Waals surface area (Å²) in [6.45, 7) is 0. The molecular weight excluding hydrogens is 515 g/mol. The zero-order valence-corrected chi connectivity index (χ0v) is 20.1. The molecule has 3 aromatic carbocycles. The monoisotopic (exact) mass is 532 g/mol. The van der Waals surface area contributed by atoms with Crippen molar-refractivity contribution in [3.05, 3.63) is 76.6 Å². The Kier molecular flexibility index (Phi) is 7.07. The fourth-order valence-electron chi connectivity index (χ4n) is 3.08. The maximum Gasteiger partial charge on any atom is 0.271 e. The zero-order chi connectivity index (χ0) is 25.9. The minimum absolute atomic E-state index is 0.0651. The van der Waals surface area contributed by atoms with Crippen LogP contribution in [0.25, 0.3) is 11.1 Å². The van der Waals surface area contributed by atoms with Gasteiger partial charge in [-0.2, -0.15) is 0 Å². The summed E-state index contributed by atoms with van der Waals surface area (Å²) in [6, 6.07) is 13.4. The number of thioether (sulfide) groups is 1. The first-order chi connectivity index (χ1) is 17.2. The van der Waals surface area contributed by atoms with Crippen LogP contribution in [0.2, 0.25) is 0 Å². The Morgan fingerprint density at radius 3 is 2.69 bits per heavy atom. The van der Waals surface area contributed by atoms with E-state index >= 15 is 0 Å². The second kappa shape index (κ2) is 10.2. The number of amides is 1. The van der Waals surface area contributed by atoms with Crippen LogP contribution in [0.4, 0.5) is 21.5 Å². The maximum atomic E-state index is 13.9. The Labute approximate surface area is 207 Å². The number of nitrogens with one attached hydrogen (secondary N) is 2. The molecule has 0 bridgehead atoms. The third kappa shape index (κ3) is 5.55. The van der Waals surface area contributed by atoms with Gasteiger partial charge in [0.25, 0.3) is 20.9 Å². The average molecular weight is 533 g/mol. The fraction of sp³-hybridized carbons (Fsp3) is 0.0909. The zero-order valence-electron chi connectivity index (χ0n) is 18.4. The molecule has 0 aliphatic rings. The summed E-state index contributed by atoms with van der Waals surface area (Å²) in [5, 5.41) is 13.2. The van der Waals surface area contributed by atoms with E-state index in [4.69, 9.17) is 9.15 Å². The number of oxazole rings is 1. The summed E-state index contributed by atoms with van der Waals surface area (Å²) in [7, 11) is -2.54. The standard InChI is InChI=1S/C22H17FN4O7S2/c1-33-19-5-3-2-4-16(19)26-36(31,32)14-7-9-20-18(11-14)25-22(34-20)35-12-21(28)24-17-10-13(27(29)30)6-8-15(17)23/h2-11,26H,12H2,1H3,(H,24,28). The number of hydrogen-bond donors (Lipinski definition) is 2. The van der Waals surface area contributed by atoms with Gasteiger partial charge in [-0.25, -0.2) is 17.8 Å². The Morgan fingerprint density at radius 1 is 1.17 bits per heavy atom. The molecule has 14 heteroatoms. The van der Waals surface area contributed by atoms with Crippen LogP contribution in [0, 0.1) is 15.9 Å². The van der Waals surface area contributed by atoms with Gasteiger partial charge < -0.3 is 14.5 Å². The van der Waals surface area contributed by atoms with E-state index in [2.05, 4.69) is 15.0 Å². The van der Waals surface area contributed by atoms with Crippen molar-refractivity contribution in [2.75, 3.05) is 22.9 Å². The van der Waals surface area contributed by atoms with E-state index in [0.717, 1.165) is 30.0 Å². The number of halogens is 1. The molecule has 0 aliphatic carbocycles. The van der Waals surface area contributed by atoms with Gasteiger partial charge in [0.2, 0.25) is 5.91 Å². The van der Waals surface area contributed by atoms with E-state index in [1.807, 2.05) is 0 Å². The SMILES string of the molecule is COc1ccccc1NS(=O)(=O)c1ccc2oc(SCC(=O)Nc3cc([N+](=O)[O-])ccc3F)nc2c1. The van der Waals surface area contributed by atoms with Gasteiger partial charge in [-0.05, 0) is 36.4 Å². The number of nitro groups is 1. The normalized spacial score (nSPS) is 11.3. The Morgan fingerprint density at radius 2 is 1.94 bits per heavy atom. The predicted octanol–water partition coefficient (Wildman–Crippen LogP) is 4.42. The minimum atomic E-state index is -3.97. The van der Waals surface area contributed by atoms with Crippen molar-refractivity contribution >= 4 is 55.9 Å². The molecule has 1 heterocycles. The van der Waals surface area contributed by atoms with Gasteiger partial charge in [-0.3, -0.25) is 19.6 Å². The van der Waals surface area contributed by atoms with E-state index in [1.54, 1.807) is 24.3 Å². The molecule has 4 aromatic rings. The quantitative estimate of drug-likeness (QED) is 0.181. The van der Waals surface area contributed by atoms with Crippen molar-refractivity contribution in [2.45, 2.75) is 10.1 Å². The third-order valence-electron chi connectivity index (χ3n) is 4.76. The summed E-state index contributed by atoms with van der Waals surface area (Å²) in [6.07, 6.45) is 0. The number of fused-ring (bicyclic) bond motifs is 1. The van der Waals surface area contributed by atoms with Gasteiger partial charge in [0.05, 0.1) is 34.1 Å². The number of nitrogens with zero attached hydrogens (tertiary/aromatic N) is 2. The summed E-state index contributed by atoms with van der Waals surface area (Å²) in [4.78, 5) is 26.5. The first kappa shape index (κ1) is 24.9. The first-order valence-corrected chi connectivity index (χ1v) is 12.6. The molecular formula is C22H17FN4O7S2. The number of non-ortho nitro benzene ring substituents is 1. The molecule has 0 spiro atoms. The third-order valence-corrected chi connectivity index (χ3v) is 6.95. The van der Waals surface area contributed by atoms with Crippen molar-refractivity contribution < 1.29 is 31.7 Å².